The van der Waals surface area contributed by atoms with E-state index in [1.165, 1.54) is 4.31 Å². The Hall–Kier alpha value is -0.920. The van der Waals surface area contributed by atoms with Crippen molar-refractivity contribution >= 4 is 10.0 Å². The molecule has 1 aliphatic heterocycles. The zero-order chi connectivity index (χ0) is 14.0. The van der Waals surface area contributed by atoms with Crippen LogP contribution in [0.4, 0.5) is 0 Å². The summed E-state index contributed by atoms with van der Waals surface area (Å²) < 4.78 is 26.5. The highest BCUT2D eigenvalue weighted by Gasteiger charge is 2.32. The highest BCUT2D eigenvalue weighted by atomic mass is 32.2. The third kappa shape index (κ3) is 2.68. The number of aliphatic hydroxyl groups is 1. The van der Waals surface area contributed by atoms with Crippen LogP contribution >= 0.6 is 0 Å². The lowest BCUT2D eigenvalue weighted by Crippen LogP contribution is -2.38. The van der Waals surface area contributed by atoms with Crippen molar-refractivity contribution in [2.75, 3.05) is 13.1 Å². The molecule has 0 unspecified atom stereocenters. The average molecular weight is 287 g/mol. The van der Waals surface area contributed by atoms with Crippen LogP contribution in [0.3, 0.4) is 0 Å². The molecule has 1 aliphatic rings. The second kappa shape index (κ2) is 5.60. The molecule has 1 aromatic heterocycles. The molecule has 7 heteroatoms. The summed E-state index contributed by atoms with van der Waals surface area (Å²) in [7, 11) is -3.58. The van der Waals surface area contributed by atoms with Gasteiger partial charge < -0.3 is 5.11 Å². The maximum absolute atomic E-state index is 12.5. The van der Waals surface area contributed by atoms with E-state index >= 15 is 0 Å². The summed E-state index contributed by atoms with van der Waals surface area (Å²) in [5.41, 5.74) is 0.974. The Balaban J connectivity index is 2.23. The molecule has 1 aromatic rings. The number of aromatic nitrogens is 2. The molecule has 19 heavy (non-hydrogen) atoms. The number of hydrogen-bond acceptors (Lipinski definition) is 4. The predicted octanol–water partition coefficient (Wildman–Crippen LogP) is 1.02. The first-order valence-electron chi connectivity index (χ1n) is 6.65. The van der Waals surface area contributed by atoms with E-state index in [4.69, 9.17) is 0 Å². The fraction of sp³-hybridized carbons (Fsp3) is 0.750. The van der Waals surface area contributed by atoms with Gasteiger partial charge in [0.1, 0.15) is 0 Å². The summed E-state index contributed by atoms with van der Waals surface area (Å²) in [5.74, 6) is 0.615. The second-order valence-corrected chi connectivity index (χ2v) is 6.90. The molecule has 108 valence electrons. The van der Waals surface area contributed by atoms with E-state index < -0.39 is 10.0 Å². The third-order valence-electron chi connectivity index (χ3n) is 3.93. The standard InChI is InChI=1S/C12H21N3O3S/c1-3-10-4-6-15(7-5-10)19(17,18)12-11(8-16)9(2)13-14-12/h10,16H,3-8H2,1-2H3,(H,13,14). The highest BCUT2D eigenvalue weighted by molar-refractivity contribution is 7.89. The molecule has 2 heterocycles. The van der Waals surface area contributed by atoms with E-state index in [1.54, 1.807) is 6.92 Å². The molecule has 0 amide bonds. The Morgan fingerprint density at radius 1 is 1.42 bits per heavy atom. The van der Waals surface area contributed by atoms with Crippen LogP contribution in [-0.2, 0) is 16.6 Å². The minimum Gasteiger partial charge on any atom is -0.392 e. The Labute approximate surface area is 113 Å². The molecule has 2 rings (SSSR count). The molecule has 0 aromatic carbocycles. The maximum atomic E-state index is 12.5. The molecule has 1 saturated heterocycles. The van der Waals surface area contributed by atoms with Crippen LogP contribution in [0.1, 0.15) is 37.4 Å². The summed E-state index contributed by atoms with van der Waals surface area (Å²) >= 11 is 0. The van der Waals surface area contributed by atoms with Crippen LogP contribution in [-0.4, -0.2) is 41.1 Å². The van der Waals surface area contributed by atoms with Gasteiger partial charge >= 0.3 is 0 Å². The lowest BCUT2D eigenvalue weighted by Gasteiger charge is -2.30. The van der Waals surface area contributed by atoms with Gasteiger partial charge in [-0.3, -0.25) is 5.10 Å². The number of rotatable bonds is 4. The number of nitrogens with one attached hydrogen (secondary N) is 1. The van der Waals surface area contributed by atoms with Crippen LogP contribution < -0.4 is 0 Å². The van der Waals surface area contributed by atoms with Crippen molar-refractivity contribution in [3.8, 4) is 0 Å². The van der Waals surface area contributed by atoms with Gasteiger partial charge in [-0.25, -0.2) is 8.42 Å². The SMILES string of the molecule is CCC1CCN(S(=O)(=O)c2n[nH]c(C)c2CO)CC1. The van der Waals surface area contributed by atoms with E-state index in [-0.39, 0.29) is 11.6 Å². The topological polar surface area (TPSA) is 86.3 Å². The Morgan fingerprint density at radius 2 is 2.05 bits per heavy atom. The molecule has 0 aliphatic carbocycles. The monoisotopic (exact) mass is 287 g/mol. The number of aryl methyl sites for hydroxylation is 1. The van der Waals surface area contributed by atoms with E-state index in [0.29, 0.717) is 30.3 Å². The van der Waals surface area contributed by atoms with Gasteiger partial charge in [0.2, 0.25) is 0 Å². The van der Waals surface area contributed by atoms with E-state index in [2.05, 4.69) is 17.1 Å². The molecule has 2 N–H and O–H groups in total. The number of nitrogens with zero attached hydrogens (tertiary/aromatic N) is 2. The smallest absolute Gasteiger partial charge is 0.262 e. The molecule has 0 bridgehead atoms. The normalized spacial score (nSPS) is 18.9. The Kier molecular flexibility index (Phi) is 4.27. The summed E-state index contributed by atoms with van der Waals surface area (Å²) in [6.45, 7) is 4.61. The van der Waals surface area contributed by atoms with Crippen LogP contribution in [0.25, 0.3) is 0 Å². The molecule has 0 atom stereocenters. The Morgan fingerprint density at radius 3 is 2.58 bits per heavy atom. The largest absolute Gasteiger partial charge is 0.392 e. The molecular formula is C12H21N3O3S. The van der Waals surface area contributed by atoms with E-state index in [0.717, 1.165) is 19.3 Å². The molecular weight excluding hydrogens is 266 g/mol. The number of aliphatic hydroxyl groups excluding tert-OH is 1. The van der Waals surface area contributed by atoms with Gasteiger partial charge in [-0.2, -0.15) is 9.40 Å². The molecule has 6 nitrogen and oxygen atoms in total. The first-order valence-corrected chi connectivity index (χ1v) is 8.09. The van der Waals surface area contributed by atoms with Gasteiger partial charge in [0, 0.05) is 24.3 Å². The average Bonchev–Trinajstić information content (AvgIpc) is 2.80. The third-order valence-corrected chi connectivity index (χ3v) is 5.80. The van der Waals surface area contributed by atoms with Gasteiger partial charge in [0.05, 0.1) is 6.61 Å². The molecule has 0 radical (unpaired) electrons. The molecule has 0 saturated carbocycles. The molecule has 1 fully saturated rings. The number of aromatic amines is 1. The van der Waals surface area contributed by atoms with Gasteiger partial charge in [-0.05, 0) is 25.7 Å². The van der Waals surface area contributed by atoms with Gasteiger partial charge in [-0.15, -0.1) is 0 Å². The zero-order valence-electron chi connectivity index (χ0n) is 11.4. The fourth-order valence-electron chi connectivity index (χ4n) is 2.51. The van der Waals surface area contributed by atoms with Crippen LogP contribution in [0, 0.1) is 12.8 Å². The number of H-pyrrole nitrogens is 1. The van der Waals surface area contributed by atoms with Gasteiger partial charge in [0.15, 0.2) is 5.03 Å². The zero-order valence-corrected chi connectivity index (χ0v) is 12.2. The maximum Gasteiger partial charge on any atom is 0.262 e. The van der Waals surface area contributed by atoms with Crippen LogP contribution in [0.5, 0.6) is 0 Å². The minimum absolute atomic E-state index is 0.0255. The summed E-state index contributed by atoms with van der Waals surface area (Å²) in [6, 6.07) is 0. The van der Waals surface area contributed by atoms with Crippen molar-refractivity contribution in [1.29, 1.82) is 0 Å². The predicted molar refractivity (Wildman–Crippen MR) is 71.0 cm³/mol. The van der Waals surface area contributed by atoms with E-state index in [1.807, 2.05) is 0 Å². The van der Waals surface area contributed by atoms with Crippen molar-refractivity contribution in [3.63, 3.8) is 0 Å². The van der Waals surface area contributed by atoms with Crippen molar-refractivity contribution < 1.29 is 13.5 Å². The van der Waals surface area contributed by atoms with Crippen molar-refractivity contribution in [3.05, 3.63) is 11.3 Å². The summed E-state index contributed by atoms with van der Waals surface area (Å²) in [6.07, 6.45) is 2.89. The second-order valence-electron chi connectivity index (χ2n) is 5.05. The van der Waals surface area contributed by atoms with Gasteiger partial charge in [0.25, 0.3) is 10.0 Å². The minimum atomic E-state index is -3.58. The number of piperidine rings is 1. The lowest BCUT2D eigenvalue weighted by molar-refractivity contribution is 0.264. The van der Waals surface area contributed by atoms with Crippen molar-refractivity contribution in [1.82, 2.24) is 14.5 Å². The number of hydrogen-bond donors (Lipinski definition) is 2. The summed E-state index contributed by atoms with van der Waals surface area (Å²) in [5, 5.41) is 15.8. The van der Waals surface area contributed by atoms with Crippen LogP contribution in [0.2, 0.25) is 0 Å². The lowest BCUT2D eigenvalue weighted by atomic mass is 9.96. The fourth-order valence-corrected chi connectivity index (χ4v) is 4.14. The van der Waals surface area contributed by atoms with E-state index in [9.17, 15) is 13.5 Å². The first-order chi connectivity index (χ1) is 9.00. The highest BCUT2D eigenvalue weighted by Crippen LogP contribution is 2.26. The Bertz CT molecular complexity index is 530. The first kappa shape index (κ1) is 14.5. The van der Waals surface area contributed by atoms with Crippen molar-refractivity contribution in [2.24, 2.45) is 5.92 Å². The van der Waals surface area contributed by atoms with Crippen LogP contribution in [0.15, 0.2) is 5.03 Å². The van der Waals surface area contributed by atoms with Crippen molar-refractivity contribution in [2.45, 2.75) is 44.7 Å². The quantitative estimate of drug-likeness (QED) is 0.865. The number of sulfonamides is 1. The summed E-state index contributed by atoms with van der Waals surface area (Å²) in [4.78, 5) is 0. The molecule has 0 spiro atoms. The van der Waals surface area contributed by atoms with Gasteiger partial charge in [-0.1, -0.05) is 13.3 Å².